The van der Waals surface area contributed by atoms with Gasteiger partial charge >= 0.3 is 0 Å². The standard InChI is InChI=1S/C9H20N2/c1-5-8(3)9(6-2)7-11(4)10/h7-8H,5-6,10H2,1-4H3/b9-7-. The molecule has 0 aromatic carbocycles. The summed E-state index contributed by atoms with van der Waals surface area (Å²) >= 11 is 0. The first-order valence-electron chi connectivity index (χ1n) is 4.29. The molecule has 0 aromatic heterocycles. The number of rotatable bonds is 4. The molecule has 0 amide bonds. The van der Waals surface area contributed by atoms with Gasteiger partial charge in [-0.3, -0.25) is 0 Å². The van der Waals surface area contributed by atoms with E-state index in [0.29, 0.717) is 5.92 Å². The Morgan fingerprint density at radius 3 is 2.36 bits per heavy atom. The highest BCUT2D eigenvalue weighted by molar-refractivity contribution is 5.03. The lowest BCUT2D eigenvalue weighted by atomic mass is 9.97. The molecule has 0 aromatic rings. The van der Waals surface area contributed by atoms with Gasteiger partial charge in [-0.1, -0.05) is 26.3 Å². The van der Waals surface area contributed by atoms with Crippen molar-refractivity contribution in [1.29, 1.82) is 0 Å². The van der Waals surface area contributed by atoms with Crippen molar-refractivity contribution in [3.05, 3.63) is 11.8 Å². The van der Waals surface area contributed by atoms with Crippen LogP contribution in [0, 0.1) is 5.92 Å². The van der Waals surface area contributed by atoms with Crippen molar-refractivity contribution >= 4 is 0 Å². The largest absolute Gasteiger partial charge is 0.321 e. The van der Waals surface area contributed by atoms with Gasteiger partial charge in [0, 0.05) is 13.2 Å². The molecule has 11 heavy (non-hydrogen) atoms. The third-order valence-corrected chi connectivity index (χ3v) is 2.02. The molecule has 1 atom stereocenters. The second kappa shape index (κ2) is 5.19. The van der Waals surface area contributed by atoms with E-state index in [9.17, 15) is 0 Å². The highest BCUT2D eigenvalue weighted by atomic mass is 15.4. The number of allylic oxidation sites excluding steroid dienone is 1. The molecule has 0 heterocycles. The minimum absolute atomic E-state index is 0.658. The first-order valence-corrected chi connectivity index (χ1v) is 4.29. The zero-order valence-electron chi connectivity index (χ0n) is 8.09. The molecular formula is C9H20N2. The fraction of sp³-hybridized carbons (Fsp3) is 0.778. The fourth-order valence-electron chi connectivity index (χ4n) is 1.09. The molecule has 0 aliphatic rings. The predicted octanol–water partition coefficient (Wildman–Crippen LogP) is 2.13. The molecule has 0 aliphatic carbocycles. The molecule has 66 valence electrons. The molecule has 0 saturated heterocycles. The molecule has 2 N–H and O–H groups in total. The lowest BCUT2D eigenvalue weighted by Gasteiger charge is -2.15. The average molecular weight is 156 g/mol. The van der Waals surface area contributed by atoms with Gasteiger partial charge in [-0.15, -0.1) is 0 Å². The molecule has 0 radical (unpaired) electrons. The lowest BCUT2D eigenvalue weighted by Crippen LogP contribution is -2.20. The van der Waals surface area contributed by atoms with Gasteiger partial charge in [-0.2, -0.15) is 0 Å². The summed E-state index contributed by atoms with van der Waals surface area (Å²) in [6.45, 7) is 6.60. The highest BCUT2D eigenvalue weighted by Gasteiger charge is 2.03. The minimum Gasteiger partial charge on any atom is -0.321 e. The zero-order chi connectivity index (χ0) is 8.85. The summed E-state index contributed by atoms with van der Waals surface area (Å²) in [6, 6.07) is 0. The quantitative estimate of drug-likeness (QED) is 0.499. The normalized spacial score (nSPS) is 14.8. The number of hydrazine groups is 1. The van der Waals surface area contributed by atoms with Gasteiger partial charge in [0.1, 0.15) is 0 Å². The number of hydrogen-bond acceptors (Lipinski definition) is 2. The van der Waals surface area contributed by atoms with Gasteiger partial charge in [0.25, 0.3) is 0 Å². The Kier molecular flexibility index (Phi) is 4.95. The zero-order valence-corrected chi connectivity index (χ0v) is 8.09. The molecule has 0 bridgehead atoms. The van der Waals surface area contributed by atoms with Crippen LogP contribution in [-0.4, -0.2) is 12.1 Å². The summed E-state index contributed by atoms with van der Waals surface area (Å²) in [5, 5.41) is 1.63. The Labute approximate surface area is 70.0 Å². The van der Waals surface area contributed by atoms with Crippen molar-refractivity contribution in [2.24, 2.45) is 11.8 Å². The summed E-state index contributed by atoms with van der Waals surface area (Å²) in [5.41, 5.74) is 1.43. The van der Waals surface area contributed by atoms with E-state index in [0.717, 1.165) is 6.42 Å². The van der Waals surface area contributed by atoms with Crippen LogP contribution in [0.2, 0.25) is 0 Å². The maximum Gasteiger partial charge on any atom is 0.0222 e. The van der Waals surface area contributed by atoms with Crippen molar-refractivity contribution in [1.82, 2.24) is 5.01 Å². The maximum absolute atomic E-state index is 5.52. The van der Waals surface area contributed by atoms with E-state index < -0.39 is 0 Å². The van der Waals surface area contributed by atoms with E-state index in [4.69, 9.17) is 5.84 Å². The summed E-state index contributed by atoms with van der Waals surface area (Å²) < 4.78 is 0. The number of nitrogens with two attached hydrogens (primary N) is 1. The Morgan fingerprint density at radius 1 is 1.55 bits per heavy atom. The van der Waals surface area contributed by atoms with Crippen LogP contribution < -0.4 is 5.84 Å². The second-order valence-electron chi connectivity index (χ2n) is 3.03. The van der Waals surface area contributed by atoms with Crippen LogP contribution >= 0.6 is 0 Å². The topological polar surface area (TPSA) is 29.3 Å². The molecule has 2 heteroatoms. The van der Waals surface area contributed by atoms with Crippen molar-refractivity contribution in [3.63, 3.8) is 0 Å². The number of hydrogen-bond donors (Lipinski definition) is 1. The first kappa shape index (κ1) is 10.5. The van der Waals surface area contributed by atoms with Crippen LogP contribution in [0.25, 0.3) is 0 Å². The molecule has 0 spiro atoms. The van der Waals surface area contributed by atoms with Gasteiger partial charge in [0.05, 0.1) is 0 Å². The number of nitrogens with zero attached hydrogens (tertiary/aromatic N) is 1. The van der Waals surface area contributed by atoms with E-state index in [1.54, 1.807) is 5.01 Å². The van der Waals surface area contributed by atoms with E-state index >= 15 is 0 Å². The average Bonchev–Trinajstić information content (AvgIpc) is 1.98. The SMILES string of the molecule is CC/C(=C/N(C)N)C(C)CC. The lowest BCUT2D eigenvalue weighted by molar-refractivity contribution is 0.466. The Bertz CT molecular complexity index is 128. The van der Waals surface area contributed by atoms with Gasteiger partial charge in [-0.05, 0) is 18.8 Å². The molecule has 2 nitrogen and oxygen atoms in total. The molecule has 0 rings (SSSR count). The van der Waals surface area contributed by atoms with Gasteiger partial charge in [-0.25, -0.2) is 5.84 Å². The summed E-state index contributed by atoms with van der Waals surface area (Å²) in [5.74, 6) is 6.18. The van der Waals surface area contributed by atoms with Crippen molar-refractivity contribution in [3.8, 4) is 0 Å². The van der Waals surface area contributed by atoms with Gasteiger partial charge in [0.15, 0.2) is 0 Å². The van der Waals surface area contributed by atoms with Crippen LogP contribution in [-0.2, 0) is 0 Å². The highest BCUT2D eigenvalue weighted by Crippen LogP contribution is 2.16. The molecule has 0 saturated carbocycles. The van der Waals surface area contributed by atoms with Crippen molar-refractivity contribution in [2.75, 3.05) is 7.05 Å². The monoisotopic (exact) mass is 156 g/mol. The smallest absolute Gasteiger partial charge is 0.0222 e. The fourth-order valence-corrected chi connectivity index (χ4v) is 1.09. The van der Waals surface area contributed by atoms with E-state index in [1.807, 2.05) is 13.2 Å². The van der Waals surface area contributed by atoms with Gasteiger partial charge < -0.3 is 5.01 Å². The van der Waals surface area contributed by atoms with Gasteiger partial charge in [0.2, 0.25) is 0 Å². The van der Waals surface area contributed by atoms with E-state index in [-0.39, 0.29) is 0 Å². The minimum atomic E-state index is 0.658. The van der Waals surface area contributed by atoms with E-state index in [2.05, 4.69) is 20.8 Å². The van der Waals surface area contributed by atoms with Crippen molar-refractivity contribution < 1.29 is 0 Å². The van der Waals surface area contributed by atoms with Crippen LogP contribution in [0.4, 0.5) is 0 Å². The Hall–Kier alpha value is -0.500. The predicted molar refractivity (Wildman–Crippen MR) is 49.8 cm³/mol. The van der Waals surface area contributed by atoms with Crippen LogP contribution in [0.5, 0.6) is 0 Å². The molecule has 0 fully saturated rings. The van der Waals surface area contributed by atoms with Crippen LogP contribution in [0.1, 0.15) is 33.6 Å². The van der Waals surface area contributed by atoms with Crippen LogP contribution in [0.3, 0.4) is 0 Å². The Balaban J connectivity index is 4.14. The molecular weight excluding hydrogens is 136 g/mol. The molecule has 1 unspecified atom stereocenters. The summed E-state index contributed by atoms with van der Waals surface area (Å²) in [4.78, 5) is 0. The Morgan fingerprint density at radius 2 is 2.09 bits per heavy atom. The molecule has 0 aliphatic heterocycles. The second-order valence-corrected chi connectivity index (χ2v) is 3.03. The van der Waals surface area contributed by atoms with Crippen molar-refractivity contribution in [2.45, 2.75) is 33.6 Å². The third kappa shape index (κ3) is 4.04. The maximum atomic E-state index is 5.52. The summed E-state index contributed by atoms with van der Waals surface area (Å²) in [7, 11) is 1.86. The van der Waals surface area contributed by atoms with E-state index in [1.165, 1.54) is 12.0 Å². The van der Waals surface area contributed by atoms with Crippen LogP contribution in [0.15, 0.2) is 11.8 Å². The summed E-state index contributed by atoms with van der Waals surface area (Å²) in [6.07, 6.45) is 4.30. The third-order valence-electron chi connectivity index (χ3n) is 2.02. The first-order chi connectivity index (χ1) is 5.11.